The molecule has 0 fully saturated rings. The van der Waals surface area contributed by atoms with Gasteiger partial charge in [-0.05, 0) is 43.3 Å². The molecule has 3 aromatic carbocycles. The summed E-state index contributed by atoms with van der Waals surface area (Å²) >= 11 is -2.76. The zero-order chi connectivity index (χ0) is 24.1. The van der Waals surface area contributed by atoms with Crippen molar-refractivity contribution in [2.75, 3.05) is 11.4 Å². The van der Waals surface area contributed by atoms with Crippen LogP contribution in [-0.2, 0) is 16.0 Å². The number of hydrogen-bond acceptors (Lipinski definition) is 8. The van der Waals surface area contributed by atoms with E-state index in [4.69, 9.17) is 14.7 Å². The molecule has 0 N–H and O–H groups in total. The van der Waals surface area contributed by atoms with Gasteiger partial charge < -0.3 is 14.0 Å². The highest BCUT2D eigenvalue weighted by Crippen LogP contribution is 2.35. The first-order chi connectivity index (χ1) is 15.7. The van der Waals surface area contributed by atoms with Gasteiger partial charge in [-0.1, -0.05) is 17.7 Å². The Morgan fingerprint density at radius 1 is 1.09 bits per heavy atom. The molecule has 0 radical (unpaired) electrons. The van der Waals surface area contributed by atoms with Gasteiger partial charge in [0.25, 0.3) is 5.69 Å². The van der Waals surface area contributed by atoms with Crippen molar-refractivity contribution in [1.82, 2.24) is 0 Å². The second-order valence-corrected chi connectivity index (χ2v) is 7.47. The maximum Gasteiger partial charge on any atom is 0.340 e. The lowest BCUT2D eigenvalue weighted by Crippen LogP contribution is -2.22. The highest BCUT2D eigenvalue weighted by molar-refractivity contribution is 7.81. The Balaban J connectivity index is 2.05. The number of esters is 1. The fourth-order valence-electron chi connectivity index (χ4n) is 2.98. The van der Waals surface area contributed by atoms with E-state index in [1.807, 2.05) is 6.92 Å². The van der Waals surface area contributed by atoms with Crippen LogP contribution in [0.25, 0.3) is 0 Å². The fourth-order valence-corrected chi connectivity index (χ4v) is 3.59. The van der Waals surface area contributed by atoms with Gasteiger partial charge in [0.2, 0.25) is 0 Å². The number of benzene rings is 3. The number of nitrogens with zero attached hydrogens (tertiary/aromatic N) is 3. The predicted octanol–water partition coefficient (Wildman–Crippen LogP) is 4.29. The van der Waals surface area contributed by atoms with Gasteiger partial charge in [0.05, 0.1) is 40.2 Å². The van der Waals surface area contributed by atoms with Crippen molar-refractivity contribution in [3.63, 3.8) is 0 Å². The van der Waals surface area contributed by atoms with Gasteiger partial charge in [-0.3, -0.25) is 18.6 Å². The molecule has 10 nitrogen and oxygen atoms in total. The molecular weight excluding hydrogens is 450 g/mol. The molecule has 3 rings (SSSR count). The van der Waals surface area contributed by atoms with E-state index >= 15 is 0 Å². The number of methoxy groups -OCH3 is 1. The van der Waals surface area contributed by atoms with Gasteiger partial charge in [-0.2, -0.15) is 5.26 Å². The highest BCUT2D eigenvalue weighted by atomic mass is 32.2. The molecule has 0 saturated carbocycles. The minimum Gasteiger partial charge on any atom is -0.755 e. The van der Waals surface area contributed by atoms with Crippen molar-refractivity contribution >= 4 is 34.3 Å². The Morgan fingerprint density at radius 2 is 1.73 bits per heavy atom. The molecule has 0 aliphatic rings. The minimum atomic E-state index is -2.76. The lowest BCUT2D eigenvalue weighted by atomic mass is 10.1. The number of anilines is 2. The van der Waals surface area contributed by atoms with Gasteiger partial charge in [0, 0.05) is 12.1 Å². The first-order valence-corrected chi connectivity index (χ1v) is 10.3. The number of nitro benzene ring substituents is 1. The summed E-state index contributed by atoms with van der Waals surface area (Å²) in [5.41, 5.74) is 0.598. The van der Waals surface area contributed by atoms with E-state index in [1.54, 1.807) is 30.3 Å². The van der Waals surface area contributed by atoms with E-state index < -0.39 is 22.2 Å². The van der Waals surface area contributed by atoms with Crippen LogP contribution in [0.5, 0.6) is 11.5 Å². The summed E-state index contributed by atoms with van der Waals surface area (Å²) in [5.74, 6) is -0.569. The average Bonchev–Trinajstić information content (AvgIpc) is 2.80. The molecule has 0 aliphatic carbocycles. The molecule has 0 bridgehead atoms. The highest BCUT2D eigenvalue weighted by Gasteiger charge is 2.21. The summed E-state index contributed by atoms with van der Waals surface area (Å²) < 4.78 is 35.5. The van der Waals surface area contributed by atoms with Crippen LogP contribution in [0.1, 0.15) is 21.5 Å². The Labute approximate surface area is 191 Å². The van der Waals surface area contributed by atoms with Crippen molar-refractivity contribution in [2.24, 2.45) is 0 Å². The van der Waals surface area contributed by atoms with Crippen molar-refractivity contribution < 1.29 is 28.0 Å². The van der Waals surface area contributed by atoms with Gasteiger partial charge in [0.15, 0.2) is 0 Å². The zero-order valence-electron chi connectivity index (χ0n) is 17.4. The van der Waals surface area contributed by atoms with Crippen LogP contribution in [0.3, 0.4) is 0 Å². The molecule has 11 heteroatoms. The summed E-state index contributed by atoms with van der Waals surface area (Å²) in [6.07, 6.45) is 0. The van der Waals surface area contributed by atoms with Gasteiger partial charge >= 0.3 is 5.97 Å². The Morgan fingerprint density at radius 3 is 2.30 bits per heavy atom. The molecule has 0 aromatic heterocycles. The molecular formula is C22H16N3O7S-. The number of rotatable bonds is 7. The first-order valence-electron chi connectivity index (χ1n) is 9.30. The lowest BCUT2D eigenvalue weighted by molar-refractivity contribution is -0.385. The topological polar surface area (TPSA) is 146 Å². The second-order valence-electron chi connectivity index (χ2n) is 6.67. The zero-order valence-corrected chi connectivity index (χ0v) is 18.2. The number of nitro groups is 1. The Hall–Kier alpha value is -4.27. The lowest BCUT2D eigenvalue weighted by Gasteiger charge is -2.28. The van der Waals surface area contributed by atoms with Crippen LogP contribution in [0, 0.1) is 28.4 Å². The monoisotopic (exact) mass is 466 g/mol. The predicted molar refractivity (Wildman–Crippen MR) is 118 cm³/mol. The van der Waals surface area contributed by atoms with Crippen LogP contribution in [0.2, 0.25) is 0 Å². The largest absolute Gasteiger partial charge is 0.755 e. The molecule has 0 heterocycles. The maximum absolute atomic E-state index is 12.4. The number of nitriles is 1. The molecule has 0 amide bonds. The van der Waals surface area contributed by atoms with Crippen LogP contribution in [0.15, 0.2) is 60.7 Å². The third-order valence-electron chi connectivity index (χ3n) is 4.53. The van der Waals surface area contributed by atoms with Crippen LogP contribution in [-0.4, -0.2) is 26.8 Å². The van der Waals surface area contributed by atoms with Crippen LogP contribution >= 0.6 is 0 Å². The standard InChI is InChI=1S/C22H17N3O7S/c1-14-3-5-16(6-4-14)24(33(29)30)21-10-8-18(12-19(21)22(26)31-2)32-17-7-9-20(25(27)28)15(11-17)13-23/h3-12H,1-2H3,(H,29,30)/p-1. The Bertz CT molecular complexity index is 1290. The van der Waals surface area contributed by atoms with Gasteiger partial charge in [-0.25, -0.2) is 4.79 Å². The molecule has 3 aromatic rings. The van der Waals surface area contributed by atoms with E-state index in [1.165, 1.54) is 30.3 Å². The summed E-state index contributed by atoms with van der Waals surface area (Å²) in [7, 11) is 1.15. The molecule has 1 unspecified atom stereocenters. The van der Waals surface area contributed by atoms with Gasteiger partial charge in [-0.15, -0.1) is 0 Å². The third-order valence-corrected chi connectivity index (χ3v) is 5.24. The fraction of sp³-hybridized carbons (Fsp3) is 0.0909. The molecule has 168 valence electrons. The third kappa shape index (κ3) is 5.15. The van der Waals surface area contributed by atoms with Crippen molar-refractivity contribution in [3.8, 4) is 17.6 Å². The summed E-state index contributed by atoms with van der Waals surface area (Å²) in [6, 6.07) is 16.1. The van der Waals surface area contributed by atoms with E-state index in [0.717, 1.165) is 23.0 Å². The van der Waals surface area contributed by atoms with E-state index in [9.17, 15) is 23.7 Å². The molecule has 33 heavy (non-hydrogen) atoms. The van der Waals surface area contributed by atoms with Crippen LogP contribution < -0.4 is 9.04 Å². The minimum absolute atomic E-state index is 0.0350. The summed E-state index contributed by atoms with van der Waals surface area (Å²) in [5, 5.41) is 20.1. The smallest absolute Gasteiger partial charge is 0.340 e. The molecule has 0 aliphatic heterocycles. The number of carbonyl (C=O) groups excluding carboxylic acids is 1. The van der Waals surface area contributed by atoms with Crippen LogP contribution in [0.4, 0.5) is 17.1 Å². The number of hydrogen-bond donors (Lipinski definition) is 0. The quantitative estimate of drug-likeness (QED) is 0.217. The summed E-state index contributed by atoms with van der Waals surface area (Å²) in [6.45, 7) is 1.85. The number of ether oxygens (including phenoxy) is 2. The number of carbonyl (C=O) groups is 1. The maximum atomic E-state index is 12.4. The molecule has 1 atom stereocenters. The van der Waals surface area contributed by atoms with Crippen molar-refractivity contribution in [2.45, 2.75) is 6.92 Å². The normalized spacial score (nSPS) is 11.2. The van der Waals surface area contributed by atoms with E-state index in [0.29, 0.717) is 5.69 Å². The SMILES string of the molecule is COC(=O)c1cc(Oc2ccc([N+](=O)[O-])c(C#N)c2)ccc1N(c1ccc(C)cc1)S(=O)[O-]. The summed E-state index contributed by atoms with van der Waals surface area (Å²) in [4.78, 5) is 22.8. The Kier molecular flexibility index (Phi) is 7.02. The van der Waals surface area contributed by atoms with Crippen molar-refractivity contribution in [1.29, 1.82) is 5.26 Å². The molecule has 0 saturated heterocycles. The second kappa shape index (κ2) is 9.90. The van der Waals surface area contributed by atoms with E-state index in [-0.39, 0.29) is 34.0 Å². The first kappa shape index (κ1) is 23.4. The number of aryl methyl sites for hydroxylation is 1. The van der Waals surface area contributed by atoms with Crippen molar-refractivity contribution in [3.05, 3.63) is 87.5 Å². The average molecular weight is 466 g/mol. The van der Waals surface area contributed by atoms with E-state index in [2.05, 4.69) is 0 Å². The van der Waals surface area contributed by atoms with Gasteiger partial charge in [0.1, 0.15) is 23.1 Å². The molecule has 0 spiro atoms.